The lowest BCUT2D eigenvalue weighted by atomic mass is 10.1. The molecule has 0 spiro atoms. The van der Waals surface area contributed by atoms with E-state index in [9.17, 15) is 4.79 Å². The van der Waals surface area contributed by atoms with Crippen molar-refractivity contribution in [1.82, 2.24) is 14.9 Å². The molecule has 1 amide bonds. The van der Waals surface area contributed by atoms with E-state index in [2.05, 4.69) is 23.0 Å². The maximum Gasteiger partial charge on any atom is 0.410 e. The molecule has 1 fully saturated rings. The van der Waals surface area contributed by atoms with Gasteiger partial charge in [0.2, 0.25) is 5.88 Å². The Labute approximate surface area is 152 Å². The van der Waals surface area contributed by atoms with Gasteiger partial charge < -0.3 is 14.4 Å². The highest BCUT2D eigenvalue weighted by molar-refractivity contribution is 7.18. The van der Waals surface area contributed by atoms with Crippen molar-refractivity contribution in [3.05, 3.63) is 17.3 Å². The van der Waals surface area contributed by atoms with Gasteiger partial charge in [-0.2, -0.15) is 0 Å². The molecular weight excluding hydrogens is 338 g/mol. The first kappa shape index (κ1) is 17.9. The van der Waals surface area contributed by atoms with Crippen molar-refractivity contribution in [2.45, 2.75) is 58.7 Å². The van der Waals surface area contributed by atoms with Crippen LogP contribution in [0.1, 0.15) is 45.4 Å². The summed E-state index contributed by atoms with van der Waals surface area (Å²) in [7, 11) is 0. The molecule has 0 aromatic carbocycles. The Bertz CT molecular complexity index is 746. The number of carbonyl (C=O) groups excluding carboxylic acids is 1. The fourth-order valence-electron chi connectivity index (χ4n) is 2.79. The Hall–Kier alpha value is -1.89. The van der Waals surface area contributed by atoms with E-state index in [0.29, 0.717) is 19.0 Å². The second kappa shape index (κ2) is 7.15. The van der Waals surface area contributed by atoms with E-state index in [0.717, 1.165) is 29.5 Å². The second-order valence-corrected chi connectivity index (χ2v) is 8.36. The molecule has 3 heterocycles. The van der Waals surface area contributed by atoms with E-state index in [4.69, 9.17) is 9.47 Å². The number of thiophene rings is 1. The molecule has 136 valence electrons. The lowest BCUT2D eigenvalue weighted by Crippen LogP contribution is -2.44. The van der Waals surface area contributed by atoms with Gasteiger partial charge in [0, 0.05) is 30.8 Å². The van der Waals surface area contributed by atoms with E-state index >= 15 is 0 Å². The summed E-state index contributed by atoms with van der Waals surface area (Å²) in [6.45, 7) is 9.05. The summed E-state index contributed by atoms with van der Waals surface area (Å²) in [6.07, 6.45) is 3.89. The smallest absolute Gasteiger partial charge is 0.410 e. The van der Waals surface area contributed by atoms with Gasteiger partial charge in [-0.25, -0.2) is 14.8 Å². The number of likely N-dealkylation sites (tertiary alicyclic amines) is 1. The van der Waals surface area contributed by atoms with Crippen LogP contribution in [0.4, 0.5) is 4.79 Å². The van der Waals surface area contributed by atoms with Gasteiger partial charge in [0.25, 0.3) is 0 Å². The third-order valence-electron chi connectivity index (χ3n) is 4.06. The van der Waals surface area contributed by atoms with Gasteiger partial charge in [0.15, 0.2) is 0 Å². The molecule has 1 aliphatic rings. The SMILES string of the molecule is CCc1cc2c(OC3CCN(C(=O)OC(C)(C)C)CC3)ncnc2s1. The third kappa shape index (κ3) is 4.39. The maximum atomic E-state index is 12.1. The van der Waals surface area contributed by atoms with Crippen molar-refractivity contribution < 1.29 is 14.3 Å². The number of rotatable bonds is 3. The molecule has 3 rings (SSSR count). The molecule has 2 aromatic heterocycles. The van der Waals surface area contributed by atoms with Crippen LogP contribution in [0.5, 0.6) is 5.88 Å². The minimum atomic E-state index is -0.465. The van der Waals surface area contributed by atoms with Gasteiger partial charge in [-0.05, 0) is 33.3 Å². The van der Waals surface area contributed by atoms with Gasteiger partial charge in [-0.15, -0.1) is 11.3 Å². The van der Waals surface area contributed by atoms with E-state index in [1.54, 1.807) is 22.6 Å². The number of amides is 1. The van der Waals surface area contributed by atoms with E-state index in [-0.39, 0.29) is 12.2 Å². The van der Waals surface area contributed by atoms with Crippen molar-refractivity contribution in [2.75, 3.05) is 13.1 Å². The van der Waals surface area contributed by atoms with Crippen LogP contribution in [0.25, 0.3) is 10.2 Å². The molecule has 0 aliphatic carbocycles. The topological polar surface area (TPSA) is 64.5 Å². The summed E-state index contributed by atoms with van der Waals surface area (Å²) < 4.78 is 11.6. The molecule has 7 heteroatoms. The molecule has 0 radical (unpaired) electrons. The molecule has 25 heavy (non-hydrogen) atoms. The standard InChI is InChI=1S/C18H25N3O3S/c1-5-13-10-14-15(19-11-20-16(14)25-13)23-12-6-8-21(9-7-12)17(22)24-18(2,3)4/h10-12H,5-9H2,1-4H3. The number of aryl methyl sites for hydroxylation is 1. The third-order valence-corrected chi connectivity index (χ3v) is 5.25. The number of ether oxygens (including phenoxy) is 2. The number of nitrogens with zero attached hydrogens (tertiary/aromatic N) is 3. The van der Waals surface area contributed by atoms with Crippen LogP contribution in [0.2, 0.25) is 0 Å². The van der Waals surface area contributed by atoms with E-state index in [1.807, 2.05) is 20.8 Å². The van der Waals surface area contributed by atoms with Crippen LogP contribution in [0, 0.1) is 0 Å². The zero-order valence-electron chi connectivity index (χ0n) is 15.2. The molecular formula is C18H25N3O3S. The van der Waals surface area contributed by atoms with Crippen molar-refractivity contribution >= 4 is 27.6 Å². The zero-order valence-corrected chi connectivity index (χ0v) is 16.1. The summed E-state index contributed by atoms with van der Waals surface area (Å²) in [6, 6.07) is 2.12. The van der Waals surface area contributed by atoms with Gasteiger partial charge in [-0.1, -0.05) is 6.92 Å². The van der Waals surface area contributed by atoms with Crippen LogP contribution in [-0.2, 0) is 11.2 Å². The van der Waals surface area contributed by atoms with Gasteiger partial charge >= 0.3 is 6.09 Å². The summed E-state index contributed by atoms with van der Waals surface area (Å²) in [5, 5.41) is 0.985. The first-order valence-corrected chi connectivity index (χ1v) is 9.55. The average Bonchev–Trinajstić information content (AvgIpc) is 2.98. The first-order chi connectivity index (χ1) is 11.9. The van der Waals surface area contributed by atoms with Gasteiger partial charge in [-0.3, -0.25) is 0 Å². The molecule has 1 aliphatic heterocycles. The molecule has 0 atom stereocenters. The minimum absolute atomic E-state index is 0.0572. The number of fused-ring (bicyclic) bond motifs is 1. The number of aromatic nitrogens is 2. The molecule has 2 aromatic rings. The van der Waals surface area contributed by atoms with Crippen LogP contribution in [0.3, 0.4) is 0 Å². The largest absolute Gasteiger partial charge is 0.474 e. The quantitative estimate of drug-likeness (QED) is 0.824. The number of carbonyl (C=O) groups is 1. The highest BCUT2D eigenvalue weighted by atomic mass is 32.1. The highest BCUT2D eigenvalue weighted by Gasteiger charge is 2.28. The van der Waals surface area contributed by atoms with Crippen LogP contribution in [0.15, 0.2) is 12.4 Å². The van der Waals surface area contributed by atoms with Gasteiger partial charge in [0.05, 0.1) is 5.39 Å². The number of piperidine rings is 1. The molecule has 1 saturated heterocycles. The predicted octanol–water partition coefficient (Wildman–Crippen LogP) is 4.03. The molecule has 0 unspecified atom stereocenters. The average molecular weight is 363 g/mol. The highest BCUT2D eigenvalue weighted by Crippen LogP contribution is 2.31. The van der Waals surface area contributed by atoms with E-state index in [1.165, 1.54) is 4.88 Å². The first-order valence-electron chi connectivity index (χ1n) is 8.73. The normalized spacial score (nSPS) is 16.2. The minimum Gasteiger partial charge on any atom is -0.474 e. The summed E-state index contributed by atoms with van der Waals surface area (Å²) >= 11 is 1.68. The fourth-order valence-corrected chi connectivity index (χ4v) is 3.72. The van der Waals surface area contributed by atoms with Crippen molar-refractivity contribution in [1.29, 1.82) is 0 Å². The van der Waals surface area contributed by atoms with Gasteiger partial charge in [0.1, 0.15) is 22.9 Å². The van der Waals surface area contributed by atoms with Crippen molar-refractivity contribution in [3.63, 3.8) is 0 Å². The van der Waals surface area contributed by atoms with E-state index < -0.39 is 5.60 Å². The lowest BCUT2D eigenvalue weighted by molar-refractivity contribution is 0.0124. The summed E-state index contributed by atoms with van der Waals surface area (Å²) in [5.74, 6) is 0.650. The van der Waals surface area contributed by atoms with Crippen LogP contribution < -0.4 is 4.74 Å². The molecule has 6 nitrogen and oxygen atoms in total. The molecule has 0 saturated carbocycles. The number of hydrogen-bond acceptors (Lipinski definition) is 6. The Morgan fingerprint density at radius 2 is 2.04 bits per heavy atom. The van der Waals surface area contributed by atoms with Crippen molar-refractivity contribution in [2.24, 2.45) is 0 Å². The fraction of sp³-hybridized carbons (Fsp3) is 0.611. The van der Waals surface area contributed by atoms with Crippen molar-refractivity contribution in [3.8, 4) is 5.88 Å². The summed E-state index contributed by atoms with van der Waals surface area (Å²) in [4.78, 5) is 24.8. The summed E-state index contributed by atoms with van der Waals surface area (Å²) in [5.41, 5.74) is -0.465. The lowest BCUT2D eigenvalue weighted by Gasteiger charge is -2.33. The Morgan fingerprint density at radius 1 is 1.32 bits per heavy atom. The second-order valence-electron chi connectivity index (χ2n) is 7.25. The Kier molecular flexibility index (Phi) is 5.13. The van der Waals surface area contributed by atoms with Crippen LogP contribution >= 0.6 is 11.3 Å². The number of hydrogen-bond donors (Lipinski definition) is 0. The monoisotopic (exact) mass is 363 g/mol. The molecule has 0 N–H and O–H groups in total. The Balaban J connectivity index is 1.61. The Morgan fingerprint density at radius 3 is 2.68 bits per heavy atom. The molecule has 0 bridgehead atoms. The maximum absolute atomic E-state index is 12.1. The van der Waals surface area contributed by atoms with Crippen LogP contribution in [-0.4, -0.2) is 45.8 Å². The predicted molar refractivity (Wildman–Crippen MR) is 98.3 cm³/mol. The zero-order chi connectivity index (χ0) is 18.0.